The van der Waals surface area contributed by atoms with E-state index in [-0.39, 0.29) is 18.1 Å². The number of ketones is 1. The van der Waals surface area contributed by atoms with Crippen LogP contribution in [0.4, 0.5) is 0 Å². The molecule has 0 N–H and O–H groups in total. The number of carbonyl (C=O) groups excluding carboxylic acids is 2. The van der Waals surface area contributed by atoms with Crippen LogP contribution >= 0.6 is 0 Å². The van der Waals surface area contributed by atoms with Gasteiger partial charge in [-0.25, -0.2) is 0 Å². The molecule has 0 bridgehead atoms. The second-order valence-corrected chi connectivity index (χ2v) is 3.45. The SMILES string of the molecule is O=C1CC(=O)N(CCn2cccc2)C1. The van der Waals surface area contributed by atoms with Crippen LogP contribution in [0.25, 0.3) is 0 Å². The minimum Gasteiger partial charge on any atom is -0.352 e. The molecule has 1 fully saturated rings. The normalized spacial score (nSPS) is 16.7. The fourth-order valence-electron chi connectivity index (χ4n) is 1.60. The Kier molecular flexibility index (Phi) is 2.35. The lowest BCUT2D eigenvalue weighted by Gasteiger charge is -2.14. The summed E-state index contributed by atoms with van der Waals surface area (Å²) in [5, 5.41) is 0. The minimum absolute atomic E-state index is 0.0301. The van der Waals surface area contributed by atoms with Crippen LogP contribution < -0.4 is 0 Å². The molecule has 1 aliphatic rings. The Morgan fingerprint density at radius 1 is 1.14 bits per heavy atom. The van der Waals surface area contributed by atoms with Crippen LogP contribution in [0.5, 0.6) is 0 Å². The molecule has 0 spiro atoms. The Balaban J connectivity index is 1.87. The average Bonchev–Trinajstić information content (AvgIpc) is 2.72. The smallest absolute Gasteiger partial charge is 0.230 e. The molecule has 1 aromatic rings. The molecule has 2 heterocycles. The maximum absolute atomic E-state index is 11.2. The number of likely N-dealkylation sites (tertiary alicyclic amines) is 1. The van der Waals surface area contributed by atoms with Gasteiger partial charge >= 0.3 is 0 Å². The zero-order valence-electron chi connectivity index (χ0n) is 7.85. The van der Waals surface area contributed by atoms with E-state index in [0.29, 0.717) is 13.1 Å². The zero-order chi connectivity index (χ0) is 9.97. The molecule has 74 valence electrons. The van der Waals surface area contributed by atoms with Crippen LogP contribution in [-0.4, -0.2) is 34.2 Å². The Morgan fingerprint density at radius 2 is 1.86 bits per heavy atom. The number of hydrogen-bond acceptors (Lipinski definition) is 2. The van der Waals surface area contributed by atoms with Gasteiger partial charge in [0.15, 0.2) is 5.78 Å². The van der Waals surface area contributed by atoms with Gasteiger partial charge in [0.2, 0.25) is 5.91 Å². The standard InChI is InChI=1S/C10H12N2O2/c13-9-7-10(14)12(8-9)6-5-11-3-1-2-4-11/h1-4H,5-8H2. The van der Waals surface area contributed by atoms with E-state index in [1.165, 1.54) is 0 Å². The van der Waals surface area contributed by atoms with Crippen molar-refractivity contribution >= 4 is 11.7 Å². The van der Waals surface area contributed by atoms with Crippen molar-refractivity contribution in [3.63, 3.8) is 0 Å². The molecule has 0 saturated carbocycles. The predicted molar refractivity (Wildman–Crippen MR) is 50.6 cm³/mol. The molecular formula is C10H12N2O2. The average molecular weight is 192 g/mol. The third-order valence-electron chi connectivity index (χ3n) is 2.36. The summed E-state index contributed by atoms with van der Waals surface area (Å²) >= 11 is 0. The molecule has 1 amide bonds. The molecular weight excluding hydrogens is 180 g/mol. The summed E-state index contributed by atoms with van der Waals surface area (Å²) in [6, 6.07) is 3.88. The van der Waals surface area contributed by atoms with Crippen LogP contribution in [0.15, 0.2) is 24.5 Å². The Bertz CT molecular complexity index is 343. The molecule has 2 rings (SSSR count). The van der Waals surface area contributed by atoms with Crippen molar-refractivity contribution in [2.24, 2.45) is 0 Å². The van der Waals surface area contributed by atoms with Gasteiger partial charge in [-0.1, -0.05) is 0 Å². The Labute approximate surface area is 82.1 Å². The summed E-state index contributed by atoms with van der Waals surface area (Å²) in [6.45, 7) is 1.67. The Morgan fingerprint density at radius 3 is 2.43 bits per heavy atom. The second-order valence-electron chi connectivity index (χ2n) is 3.45. The molecule has 4 nitrogen and oxygen atoms in total. The fourth-order valence-corrected chi connectivity index (χ4v) is 1.60. The van der Waals surface area contributed by atoms with Crippen molar-refractivity contribution in [3.8, 4) is 0 Å². The first-order valence-electron chi connectivity index (χ1n) is 4.66. The van der Waals surface area contributed by atoms with Gasteiger partial charge in [-0.05, 0) is 12.1 Å². The van der Waals surface area contributed by atoms with E-state index >= 15 is 0 Å². The lowest BCUT2D eigenvalue weighted by molar-refractivity contribution is -0.127. The molecule has 0 aliphatic carbocycles. The summed E-state index contributed by atoms with van der Waals surface area (Å²) < 4.78 is 2.00. The number of nitrogens with zero attached hydrogens (tertiary/aromatic N) is 2. The molecule has 0 aromatic carbocycles. The first-order chi connectivity index (χ1) is 6.75. The maximum atomic E-state index is 11.2. The number of rotatable bonds is 3. The molecule has 1 aromatic heterocycles. The van der Waals surface area contributed by atoms with Crippen LogP contribution in [0, 0.1) is 0 Å². The summed E-state index contributed by atoms with van der Waals surface area (Å²) in [6.07, 6.45) is 3.98. The van der Waals surface area contributed by atoms with E-state index in [9.17, 15) is 9.59 Å². The van der Waals surface area contributed by atoms with E-state index in [0.717, 1.165) is 6.54 Å². The van der Waals surface area contributed by atoms with Gasteiger partial charge in [0.05, 0.1) is 13.0 Å². The molecule has 0 unspecified atom stereocenters. The number of carbonyl (C=O) groups is 2. The summed E-state index contributed by atoms with van der Waals surface area (Å²) in [4.78, 5) is 23.8. The van der Waals surface area contributed by atoms with E-state index in [1.807, 2.05) is 29.1 Å². The van der Waals surface area contributed by atoms with Crippen molar-refractivity contribution in [1.29, 1.82) is 0 Å². The highest BCUT2D eigenvalue weighted by Gasteiger charge is 2.26. The van der Waals surface area contributed by atoms with Gasteiger partial charge in [0.1, 0.15) is 0 Å². The lowest BCUT2D eigenvalue weighted by Crippen LogP contribution is -2.28. The molecule has 1 saturated heterocycles. The van der Waals surface area contributed by atoms with Crippen molar-refractivity contribution in [2.45, 2.75) is 13.0 Å². The minimum atomic E-state index is -0.0397. The quantitative estimate of drug-likeness (QED) is 0.646. The van der Waals surface area contributed by atoms with Crippen LogP contribution in [0.2, 0.25) is 0 Å². The molecule has 14 heavy (non-hydrogen) atoms. The fraction of sp³-hybridized carbons (Fsp3) is 0.400. The van der Waals surface area contributed by atoms with Crippen LogP contribution in [0.1, 0.15) is 6.42 Å². The highest BCUT2D eigenvalue weighted by atomic mass is 16.2. The zero-order valence-corrected chi connectivity index (χ0v) is 7.85. The monoisotopic (exact) mass is 192 g/mol. The summed E-state index contributed by atoms with van der Waals surface area (Å²) in [5.74, 6) is -0.00957. The van der Waals surface area contributed by atoms with Crippen molar-refractivity contribution in [1.82, 2.24) is 9.47 Å². The number of hydrogen-bond donors (Lipinski definition) is 0. The van der Waals surface area contributed by atoms with Crippen molar-refractivity contribution < 1.29 is 9.59 Å². The van der Waals surface area contributed by atoms with Gasteiger partial charge in [-0.3, -0.25) is 9.59 Å². The topological polar surface area (TPSA) is 42.3 Å². The van der Waals surface area contributed by atoms with Crippen LogP contribution in [0.3, 0.4) is 0 Å². The van der Waals surface area contributed by atoms with Crippen molar-refractivity contribution in [2.75, 3.05) is 13.1 Å². The maximum Gasteiger partial charge on any atom is 0.230 e. The second kappa shape index (κ2) is 3.65. The summed E-state index contributed by atoms with van der Waals surface area (Å²) in [7, 11) is 0. The van der Waals surface area contributed by atoms with E-state index < -0.39 is 0 Å². The van der Waals surface area contributed by atoms with Gasteiger partial charge in [-0.15, -0.1) is 0 Å². The van der Waals surface area contributed by atoms with Crippen LogP contribution in [-0.2, 0) is 16.1 Å². The lowest BCUT2D eigenvalue weighted by atomic mass is 10.3. The van der Waals surface area contributed by atoms with Gasteiger partial charge in [0.25, 0.3) is 0 Å². The van der Waals surface area contributed by atoms with E-state index in [1.54, 1.807) is 4.90 Å². The molecule has 1 aliphatic heterocycles. The first kappa shape index (κ1) is 8.99. The third kappa shape index (κ3) is 1.84. The largest absolute Gasteiger partial charge is 0.352 e. The van der Waals surface area contributed by atoms with Gasteiger partial charge in [-0.2, -0.15) is 0 Å². The number of amides is 1. The van der Waals surface area contributed by atoms with E-state index in [4.69, 9.17) is 0 Å². The first-order valence-corrected chi connectivity index (χ1v) is 4.66. The van der Waals surface area contributed by atoms with Crippen molar-refractivity contribution in [3.05, 3.63) is 24.5 Å². The van der Waals surface area contributed by atoms with Gasteiger partial charge < -0.3 is 9.47 Å². The number of aromatic nitrogens is 1. The third-order valence-corrected chi connectivity index (χ3v) is 2.36. The highest BCUT2D eigenvalue weighted by molar-refractivity contribution is 6.05. The summed E-state index contributed by atoms with van der Waals surface area (Å²) in [5.41, 5.74) is 0. The molecule has 0 atom stereocenters. The number of Topliss-reactive ketones (excluding diaryl/α,β-unsaturated/α-hetero) is 1. The van der Waals surface area contributed by atoms with Gasteiger partial charge in [0, 0.05) is 25.5 Å². The predicted octanol–water partition coefficient (Wildman–Crippen LogP) is 0.289. The highest BCUT2D eigenvalue weighted by Crippen LogP contribution is 2.06. The molecule has 4 heteroatoms. The Hall–Kier alpha value is -1.58. The van der Waals surface area contributed by atoms with E-state index in [2.05, 4.69) is 0 Å². The molecule has 0 radical (unpaired) electrons.